The molecule has 1 aliphatic rings. The van der Waals surface area contributed by atoms with Gasteiger partial charge in [0, 0.05) is 24.0 Å². The third kappa shape index (κ3) is 3.28. The molecule has 0 spiro atoms. The summed E-state index contributed by atoms with van der Waals surface area (Å²) in [6.45, 7) is 7.27. The predicted molar refractivity (Wildman–Crippen MR) is 78.1 cm³/mol. The highest BCUT2D eigenvalue weighted by atomic mass is 35.5. The number of hydrogen-bond acceptors (Lipinski definition) is 2. The fraction of sp³-hybridized carbons (Fsp3) is 0.533. The fourth-order valence-corrected chi connectivity index (χ4v) is 2.53. The average Bonchev–Trinajstić information content (AvgIpc) is 2.35. The third-order valence-corrected chi connectivity index (χ3v) is 4.29. The molecule has 1 aromatic carbocycles. The number of hydrogen-bond donors (Lipinski definition) is 1. The number of halogens is 1. The summed E-state index contributed by atoms with van der Waals surface area (Å²) < 4.78 is 0. The Labute approximate surface area is 119 Å². The van der Waals surface area contributed by atoms with Crippen LogP contribution in [0.4, 0.5) is 0 Å². The summed E-state index contributed by atoms with van der Waals surface area (Å²) in [5.41, 5.74) is 1.01. The van der Waals surface area contributed by atoms with Crippen LogP contribution in [0.15, 0.2) is 24.3 Å². The number of benzene rings is 1. The van der Waals surface area contributed by atoms with Gasteiger partial charge in [0.2, 0.25) is 5.91 Å². The molecule has 1 atom stereocenters. The zero-order valence-corrected chi connectivity index (χ0v) is 12.3. The van der Waals surface area contributed by atoms with E-state index >= 15 is 0 Å². The first kappa shape index (κ1) is 14.4. The molecular formula is C15H21ClN2O. The lowest BCUT2D eigenvalue weighted by molar-refractivity contribution is -0.137. The van der Waals surface area contributed by atoms with Crippen molar-refractivity contribution in [1.82, 2.24) is 10.2 Å². The SMILES string of the molecule is CCN(Cc1ccccc1Cl)C(=O)C(C)C1CNC1. The molecule has 19 heavy (non-hydrogen) atoms. The van der Waals surface area contributed by atoms with Gasteiger partial charge in [-0.2, -0.15) is 0 Å². The molecule has 2 rings (SSSR count). The number of carbonyl (C=O) groups is 1. The molecule has 1 fully saturated rings. The molecule has 4 heteroatoms. The van der Waals surface area contributed by atoms with Gasteiger partial charge in [0.15, 0.2) is 0 Å². The standard InChI is InChI=1S/C15H21ClN2O/c1-3-18(10-12-6-4-5-7-14(12)16)15(19)11(2)13-8-17-9-13/h4-7,11,13,17H,3,8-10H2,1-2H3. The first-order chi connectivity index (χ1) is 9.13. The molecule has 0 aromatic heterocycles. The third-order valence-electron chi connectivity index (χ3n) is 3.92. The Morgan fingerprint density at radius 3 is 2.68 bits per heavy atom. The van der Waals surface area contributed by atoms with Crippen LogP contribution >= 0.6 is 11.6 Å². The first-order valence-electron chi connectivity index (χ1n) is 6.86. The predicted octanol–water partition coefficient (Wildman–Crippen LogP) is 2.54. The Morgan fingerprint density at radius 2 is 2.16 bits per heavy atom. The van der Waals surface area contributed by atoms with E-state index in [0.29, 0.717) is 19.0 Å². The van der Waals surface area contributed by atoms with Crippen molar-refractivity contribution in [3.63, 3.8) is 0 Å². The topological polar surface area (TPSA) is 32.3 Å². The summed E-state index contributed by atoms with van der Waals surface area (Å²) in [5.74, 6) is 0.797. The van der Waals surface area contributed by atoms with Crippen molar-refractivity contribution >= 4 is 17.5 Å². The Kier molecular flexibility index (Phi) is 4.83. The van der Waals surface area contributed by atoms with Gasteiger partial charge >= 0.3 is 0 Å². The zero-order chi connectivity index (χ0) is 13.8. The van der Waals surface area contributed by atoms with Crippen LogP contribution in [0, 0.1) is 11.8 Å². The lowest BCUT2D eigenvalue weighted by Crippen LogP contribution is -2.50. The van der Waals surface area contributed by atoms with Gasteiger partial charge in [-0.05, 0) is 37.6 Å². The van der Waals surface area contributed by atoms with Crippen LogP contribution in [0.5, 0.6) is 0 Å². The van der Waals surface area contributed by atoms with E-state index in [9.17, 15) is 4.79 Å². The van der Waals surface area contributed by atoms with E-state index in [1.807, 2.05) is 43.0 Å². The van der Waals surface area contributed by atoms with Crippen LogP contribution in [-0.2, 0) is 11.3 Å². The molecule has 0 aliphatic carbocycles. The van der Waals surface area contributed by atoms with Crippen molar-refractivity contribution in [1.29, 1.82) is 0 Å². The highest BCUT2D eigenvalue weighted by Gasteiger charge is 2.31. The molecule has 1 unspecified atom stereocenters. The number of carbonyl (C=O) groups excluding carboxylic acids is 1. The molecule has 0 saturated carbocycles. The summed E-state index contributed by atoms with van der Waals surface area (Å²) in [6.07, 6.45) is 0. The van der Waals surface area contributed by atoms with Gasteiger partial charge in [0.1, 0.15) is 0 Å². The molecule has 1 aliphatic heterocycles. The second-order valence-corrected chi connectivity index (χ2v) is 5.56. The van der Waals surface area contributed by atoms with Crippen molar-refractivity contribution in [2.24, 2.45) is 11.8 Å². The summed E-state index contributed by atoms with van der Waals surface area (Å²) in [5, 5.41) is 3.95. The normalized spacial score (nSPS) is 16.8. The Hall–Kier alpha value is -1.06. The molecule has 1 N–H and O–H groups in total. The lowest BCUT2D eigenvalue weighted by Gasteiger charge is -2.35. The second-order valence-electron chi connectivity index (χ2n) is 5.15. The van der Waals surface area contributed by atoms with Crippen molar-refractivity contribution in [3.8, 4) is 0 Å². The van der Waals surface area contributed by atoms with E-state index in [0.717, 1.165) is 23.7 Å². The van der Waals surface area contributed by atoms with Gasteiger partial charge in [0.05, 0.1) is 0 Å². The van der Waals surface area contributed by atoms with E-state index < -0.39 is 0 Å². The summed E-state index contributed by atoms with van der Waals surface area (Å²) >= 11 is 6.16. The molecule has 0 bridgehead atoms. The smallest absolute Gasteiger partial charge is 0.226 e. The number of nitrogens with one attached hydrogen (secondary N) is 1. The molecule has 1 saturated heterocycles. The highest BCUT2D eigenvalue weighted by molar-refractivity contribution is 6.31. The van der Waals surface area contributed by atoms with Crippen molar-refractivity contribution in [3.05, 3.63) is 34.9 Å². The molecule has 104 valence electrons. The molecular weight excluding hydrogens is 260 g/mol. The first-order valence-corrected chi connectivity index (χ1v) is 7.24. The van der Waals surface area contributed by atoms with E-state index in [2.05, 4.69) is 5.32 Å². The van der Waals surface area contributed by atoms with Crippen LogP contribution in [0.1, 0.15) is 19.4 Å². The maximum Gasteiger partial charge on any atom is 0.226 e. The molecule has 1 heterocycles. The van der Waals surface area contributed by atoms with Gasteiger partial charge in [0.25, 0.3) is 0 Å². The summed E-state index contributed by atoms with van der Waals surface area (Å²) in [6, 6.07) is 7.72. The Balaban J connectivity index is 2.03. The van der Waals surface area contributed by atoms with E-state index in [1.165, 1.54) is 0 Å². The number of rotatable bonds is 5. The largest absolute Gasteiger partial charge is 0.338 e. The second kappa shape index (κ2) is 6.40. The minimum absolute atomic E-state index is 0.0867. The zero-order valence-electron chi connectivity index (χ0n) is 11.5. The van der Waals surface area contributed by atoms with E-state index in [-0.39, 0.29) is 11.8 Å². The molecule has 0 radical (unpaired) electrons. The van der Waals surface area contributed by atoms with Crippen molar-refractivity contribution in [2.75, 3.05) is 19.6 Å². The summed E-state index contributed by atoms with van der Waals surface area (Å²) in [7, 11) is 0. The number of nitrogens with zero attached hydrogens (tertiary/aromatic N) is 1. The quantitative estimate of drug-likeness (QED) is 0.899. The van der Waals surface area contributed by atoms with Gasteiger partial charge in [-0.25, -0.2) is 0 Å². The minimum atomic E-state index is 0.0867. The van der Waals surface area contributed by atoms with Gasteiger partial charge < -0.3 is 10.2 Å². The molecule has 3 nitrogen and oxygen atoms in total. The number of amides is 1. The monoisotopic (exact) mass is 280 g/mol. The van der Waals surface area contributed by atoms with Crippen LogP contribution in [0.3, 0.4) is 0 Å². The lowest BCUT2D eigenvalue weighted by atomic mass is 9.88. The Bertz CT molecular complexity index is 446. The van der Waals surface area contributed by atoms with E-state index in [4.69, 9.17) is 11.6 Å². The van der Waals surface area contributed by atoms with Gasteiger partial charge in [-0.1, -0.05) is 36.7 Å². The van der Waals surface area contributed by atoms with Crippen LogP contribution in [0.25, 0.3) is 0 Å². The average molecular weight is 281 g/mol. The van der Waals surface area contributed by atoms with Crippen LogP contribution in [0.2, 0.25) is 5.02 Å². The van der Waals surface area contributed by atoms with Crippen molar-refractivity contribution < 1.29 is 4.79 Å². The van der Waals surface area contributed by atoms with Gasteiger partial charge in [-0.3, -0.25) is 4.79 Å². The van der Waals surface area contributed by atoms with Crippen LogP contribution in [-0.4, -0.2) is 30.4 Å². The Morgan fingerprint density at radius 1 is 1.47 bits per heavy atom. The minimum Gasteiger partial charge on any atom is -0.338 e. The maximum absolute atomic E-state index is 12.5. The van der Waals surface area contributed by atoms with Gasteiger partial charge in [-0.15, -0.1) is 0 Å². The maximum atomic E-state index is 12.5. The van der Waals surface area contributed by atoms with Crippen LogP contribution < -0.4 is 5.32 Å². The van der Waals surface area contributed by atoms with Crippen molar-refractivity contribution in [2.45, 2.75) is 20.4 Å². The molecule has 1 aromatic rings. The van der Waals surface area contributed by atoms with E-state index in [1.54, 1.807) is 0 Å². The fourth-order valence-electron chi connectivity index (χ4n) is 2.33. The highest BCUT2D eigenvalue weighted by Crippen LogP contribution is 2.22. The summed E-state index contributed by atoms with van der Waals surface area (Å²) in [4.78, 5) is 14.4. The molecule has 1 amide bonds.